The molecule has 2 unspecified atom stereocenters. The maximum Gasteiger partial charge on any atom is 0.342 e. The van der Waals surface area contributed by atoms with Crippen LogP contribution in [0.1, 0.15) is 77.2 Å². The molecule has 0 amide bonds. The van der Waals surface area contributed by atoms with Gasteiger partial charge in [-0.1, -0.05) is 60.1 Å². The van der Waals surface area contributed by atoms with Crippen LogP contribution in [0.5, 0.6) is 0 Å². The van der Waals surface area contributed by atoms with Crippen molar-refractivity contribution in [1.29, 1.82) is 0 Å². The van der Waals surface area contributed by atoms with Gasteiger partial charge in [-0.05, 0) is 66.3 Å². The van der Waals surface area contributed by atoms with E-state index < -0.39 is 0 Å². The van der Waals surface area contributed by atoms with Crippen molar-refractivity contribution in [2.24, 2.45) is 28.6 Å². The lowest BCUT2D eigenvalue weighted by Crippen LogP contribution is -2.49. The van der Waals surface area contributed by atoms with Gasteiger partial charge < -0.3 is 4.74 Å². The lowest BCUT2D eigenvalue weighted by atomic mass is 9.59. The monoisotopic (exact) mass is 483 g/mol. The fourth-order valence-electron chi connectivity index (χ4n) is 5.60. The van der Waals surface area contributed by atoms with Crippen LogP contribution in [-0.4, -0.2) is 26.7 Å². The van der Waals surface area contributed by atoms with E-state index in [1.54, 1.807) is 4.52 Å². The Morgan fingerprint density at radius 2 is 1.62 bits per heavy atom. The number of benzene rings is 1. The molecule has 1 aromatic carbocycles. The van der Waals surface area contributed by atoms with E-state index in [1.165, 1.54) is 0 Å². The highest BCUT2D eigenvalue weighted by atomic mass is 35.5. The third-order valence-corrected chi connectivity index (χ3v) is 7.76. The summed E-state index contributed by atoms with van der Waals surface area (Å²) in [6.45, 7) is 17.9. The number of aryl methyl sites for hydroxylation is 1. The van der Waals surface area contributed by atoms with Gasteiger partial charge in [0.05, 0.1) is 0 Å². The predicted molar refractivity (Wildman–Crippen MR) is 138 cm³/mol. The van der Waals surface area contributed by atoms with Crippen LogP contribution >= 0.6 is 11.6 Å². The molecule has 0 aliphatic heterocycles. The number of hydrogen-bond donors (Lipinski definition) is 1. The van der Waals surface area contributed by atoms with E-state index in [0.717, 1.165) is 24.0 Å². The van der Waals surface area contributed by atoms with E-state index in [9.17, 15) is 4.79 Å². The number of nitrogens with zero attached hydrogens (tertiary/aromatic N) is 2. The Balaban J connectivity index is 1.70. The fraction of sp³-hybridized carbons (Fsp3) is 0.571. The molecule has 1 saturated carbocycles. The smallest absolute Gasteiger partial charge is 0.342 e. The average Bonchev–Trinajstić information content (AvgIpc) is 3.24. The number of rotatable bonds is 3. The number of H-pyrrole nitrogens is 1. The molecule has 0 bridgehead atoms. The van der Waals surface area contributed by atoms with Crippen LogP contribution in [0.4, 0.5) is 0 Å². The van der Waals surface area contributed by atoms with E-state index in [0.29, 0.717) is 39.8 Å². The molecular formula is C28H38ClN3O2. The van der Waals surface area contributed by atoms with Crippen molar-refractivity contribution in [2.45, 2.75) is 74.3 Å². The molecule has 2 atom stereocenters. The molecule has 1 aliphatic carbocycles. The van der Waals surface area contributed by atoms with Crippen LogP contribution in [-0.2, 0) is 4.74 Å². The van der Waals surface area contributed by atoms with Gasteiger partial charge in [0.1, 0.15) is 11.7 Å². The topological polar surface area (TPSA) is 59.4 Å². The van der Waals surface area contributed by atoms with Crippen LogP contribution in [0.3, 0.4) is 0 Å². The second kappa shape index (κ2) is 8.75. The zero-order valence-corrected chi connectivity index (χ0v) is 22.5. The highest BCUT2D eigenvalue weighted by molar-refractivity contribution is 6.30. The van der Waals surface area contributed by atoms with Gasteiger partial charge in [-0.25, -0.2) is 14.3 Å². The van der Waals surface area contributed by atoms with E-state index in [1.807, 2.05) is 37.4 Å². The normalized spacial score (nSPS) is 23.9. The number of nitrogens with one attached hydrogen (secondary N) is 1. The van der Waals surface area contributed by atoms with Gasteiger partial charge in [-0.3, -0.25) is 5.10 Å². The van der Waals surface area contributed by atoms with Crippen molar-refractivity contribution in [3.8, 4) is 11.4 Å². The van der Waals surface area contributed by atoms with Crippen molar-refractivity contribution >= 4 is 23.2 Å². The van der Waals surface area contributed by atoms with Gasteiger partial charge in [-0.2, -0.15) is 0 Å². The fourth-order valence-corrected chi connectivity index (χ4v) is 5.72. The highest BCUT2D eigenvalue weighted by Crippen LogP contribution is 2.50. The summed E-state index contributed by atoms with van der Waals surface area (Å²) in [5.74, 6) is 1.61. The minimum Gasteiger partial charge on any atom is -0.458 e. The molecule has 6 heteroatoms. The van der Waals surface area contributed by atoms with Gasteiger partial charge in [0.15, 0.2) is 11.5 Å². The molecule has 5 nitrogen and oxygen atoms in total. The van der Waals surface area contributed by atoms with Crippen molar-refractivity contribution in [3.05, 3.63) is 46.6 Å². The van der Waals surface area contributed by atoms with Crippen LogP contribution in [0.25, 0.3) is 17.0 Å². The maximum absolute atomic E-state index is 13.7. The Morgan fingerprint density at radius 1 is 1.06 bits per heavy atom. The molecule has 184 valence electrons. The van der Waals surface area contributed by atoms with Gasteiger partial charge in [0.2, 0.25) is 0 Å². The molecule has 1 aliphatic rings. The molecule has 2 heterocycles. The van der Waals surface area contributed by atoms with Crippen LogP contribution in [0, 0.1) is 35.5 Å². The first-order valence-electron chi connectivity index (χ1n) is 12.3. The van der Waals surface area contributed by atoms with Gasteiger partial charge in [0, 0.05) is 28.6 Å². The average molecular weight is 484 g/mol. The summed E-state index contributed by atoms with van der Waals surface area (Å²) in [5, 5.41) is 3.95. The summed E-state index contributed by atoms with van der Waals surface area (Å²) in [7, 11) is 0. The number of fused-ring (bicyclic) bond motifs is 1. The Kier molecular flexibility index (Phi) is 6.39. The Hall–Kier alpha value is -2.27. The van der Waals surface area contributed by atoms with E-state index in [-0.39, 0.29) is 22.9 Å². The van der Waals surface area contributed by atoms with Gasteiger partial charge in [-0.15, -0.1) is 0 Å². The van der Waals surface area contributed by atoms with Crippen molar-refractivity contribution < 1.29 is 9.53 Å². The SMILES string of the molecule is Cc1cn2[nH]c(-c3ccc(Cl)cc3)nc2c1C(=O)OC1C(C(C)(C)C)CC(C)CC1C(C)(C)C. The highest BCUT2D eigenvalue weighted by Gasteiger charge is 2.48. The van der Waals surface area contributed by atoms with Crippen molar-refractivity contribution in [3.63, 3.8) is 0 Å². The summed E-state index contributed by atoms with van der Waals surface area (Å²) in [6.07, 6.45) is 3.92. The van der Waals surface area contributed by atoms with Crippen LogP contribution in [0.2, 0.25) is 5.02 Å². The van der Waals surface area contributed by atoms with Crippen LogP contribution in [0.15, 0.2) is 30.5 Å². The third-order valence-electron chi connectivity index (χ3n) is 7.51. The Bertz CT molecular complexity index is 1150. The minimum absolute atomic E-state index is 0.0440. The molecule has 34 heavy (non-hydrogen) atoms. The quantitative estimate of drug-likeness (QED) is 0.390. The molecule has 4 rings (SSSR count). The summed E-state index contributed by atoms with van der Waals surface area (Å²) >= 11 is 6.04. The number of ether oxygens (including phenoxy) is 1. The van der Waals surface area contributed by atoms with E-state index in [4.69, 9.17) is 21.3 Å². The number of halogens is 1. The molecule has 3 aromatic rings. The summed E-state index contributed by atoms with van der Waals surface area (Å²) in [4.78, 5) is 18.5. The number of hydrogen-bond acceptors (Lipinski definition) is 3. The molecule has 1 fully saturated rings. The predicted octanol–water partition coefficient (Wildman–Crippen LogP) is 7.57. The molecule has 1 N–H and O–H groups in total. The Morgan fingerprint density at radius 3 is 2.15 bits per heavy atom. The third kappa shape index (κ3) is 4.77. The van der Waals surface area contributed by atoms with Crippen molar-refractivity contribution in [1.82, 2.24) is 14.6 Å². The second-order valence-corrected chi connectivity index (χ2v) is 12.8. The number of aromatic nitrogens is 3. The molecule has 0 radical (unpaired) electrons. The molecule has 0 spiro atoms. The molecule has 2 aromatic heterocycles. The number of carbonyl (C=O) groups is 1. The molecular weight excluding hydrogens is 446 g/mol. The second-order valence-electron chi connectivity index (χ2n) is 12.4. The number of aromatic amines is 1. The number of esters is 1. The van der Waals surface area contributed by atoms with Crippen LogP contribution < -0.4 is 0 Å². The van der Waals surface area contributed by atoms with Gasteiger partial charge in [0.25, 0.3) is 0 Å². The van der Waals surface area contributed by atoms with E-state index >= 15 is 0 Å². The van der Waals surface area contributed by atoms with E-state index in [2.05, 4.69) is 53.6 Å². The first kappa shape index (κ1) is 24.8. The summed E-state index contributed by atoms with van der Waals surface area (Å²) in [5.41, 5.74) is 2.99. The first-order chi connectivity index (χ1) is 15.8. The number of carbonyl (C=O) groups excluding carboxylic acids is 1. The largest absolute Gasteiger partial charge is 0.458 e. The van der Waals surface area contributed by atoms with Crippen molar-refractivity contribution in [2.75, 3.05) is 0 Å². The standard InChI is InChI=1S/C28H38ClN3O2/c1-16-13-20(27(3,4)5)23(21(14-16)28(6,7)8)34-26(33)22-17(2)15-32-25(22)30-24(31-32)18-9-11-19(29)12-10-18/h9-12,15-16,20-21,23H,13-14H2,1-8H3,(H,30,31). The molecule has 0 saturated heterocycles. The lowest BCUT2D eigenvalue weighted by Gasteiger charge is -2.50. The van der Waals surface area contributed by atoms with Gasteiger partial charge >= 0.3 is 5.97 Å². The zero-order chi connectivity index (χ0) is 25.0. The Labute approximate surface area is 208 Å². The minimum atomic E-state index is -0.280. The zero-order valence-electron chi connectivity index (χ0n) is 21.7. The maximum atomic E-state index is 13.7. The summed E-state index contributed by atoms with van der Waals surface area (Å²) in [6, 6.07) is 7.49. The lowest BCUT2D eigenvalue weighted by molar-refractivity contribution is -0.0922. The summed E-state index contributed by atoms with van der Waals surface area (Å²) < 4.78 is 8.27. The first-order valence-corrected chi connectivity index (χ1v) is 12.7.